The molecule has 1 aliphatic heterocycles. The van der Waals surface area contributed by atoms with Crippen LogP contribution in [0, 0.1) is 42.3 Å². The summed E-state index contributed by atoms with van der Waals surface area (Å²) in [7, 11) is 0. The van der Waals surface area contributed by atoms with Crippen molar-refractivity contribution in [3.05, 3.63) is 75.9 Å². The zero-order valence-electron chi connectivity index (χ0n) is 21.5. The second kappa shape index (κ2) is 10.2. The minimum atomic E-state index is -0.610. The molecule has 4 atom stereocenters. The van der Waals surface area contributed by atoms with E-state index in [9.17, 15) is 14.0 Å². The van der Waals surface area contributed by atoms with E-state index in [1.54, 1.807) is 23.0 Å². The molecule has 0 unspecified atom stereocenters. The van der Waals surface area contributed by atoms with Gasteiger partial charge in [-0.1, -0.05) is 43.4 Å². The summed E-state index contributed by atoms with van der Waals surface area (Å²) in [5.74, 6) is 6.21. The average molecular weight is 534 g/mol. The van der Waals surface area contributed by atoms with Crippen LogP contribution in [0.5, 0.6) is 0 Å². The number of primary amides is 1. The van der Waals surface area contributed by atoms with Crippen molar-refractivity contribution < 1.29 is 14.0 Å². The number of anilines is 1. The van der Waals surface area contributed by atoms with Crippen molar-refractivity contribution in [2.24, 2.45) is 23.5 Å². The number of carbonyl (C=O) groups excluding carboxylic acids is 2. The van der Waals surface area contributed by atoms with Crippen LogP contribution in [0.2, 0.25) is 5.02 Å². The molecule has 9 heteroatoms. The van der Waals surface area contributed by atoms with Gasteiger partial charge in [0.2, 0.25) is 0 Å². The van der Waals surface area contributed by atoms with Crippen molar-refractivity contribution in [2.75, 3.05) is 11.4 Å². The highest BCUT2D eigenvalue weighted by Crippen LogP contribution is 2.49. The molecule has 1 amide bonds. The second-order valence-electron chi connectivity index (χ2n) is 10.5. The number of fused-ring (bicyclic) bond motifs is 1. The SMILES string of the molecule is Cc1cc(C#Cc2cccc(F)c2)cnc1N1C[C@H]2C[C@H](n3ncc(Cl)c3C(N)=O)C[C@@H]2[C@H]1C(=O)C(C)C. The van der Waals surface area contributed by atoms with Gasteiger partial charge in [0.1, 0.15) is 17.3 Å². The standard InChI is InChI=1S/C29H29ClFN5O2/c1-16(2)27(37)25-23-12-22(36-26(28(32)38)24(30)14-34-36)11-20(23)15-35(25)29-17(3)9-19(13-33-29)8-7-18-5-4-6-21(31)10-18/h4-6,9-10,13-14,16,20,22-23,25H,11-12,15H2,1-3H3,(H2,32,38)/t20-,22+,23+,25+/m1/s1. The fourth-order valence-corrected chi connectivity index (χ4v) is 6.16. The number of rotatable bonds is 5. The number of halogens is 2. The van der Waals surface area contributed by atoms with Crippen molar-refractivity contribution in [2.45, 2.75) is 45.7 Å². The molecule has 2 fully saturated rings. The van der Waals surface area contributed by atoms with Crippen LogP contribution in [0.1, 0.15) is 59.9 Å². The minimum Gasteiger partial charge on any atom is -0.364 e. The molecule has 3 heterocycles. The van der Waals surface area contributed by atoms with E-state index in [4.69, 9.17) is 22.3 Å². The summed E-state index contributed by atoms with van der Waals surface area (Å²) >= 11 is 6.18. The normalized spacial score (nSPS) is 22.3. The Bertz CT molecular complexity index is 1470. The lowest BCUT2D eigenvalue weighted by Crippen LogP contribution is -2.43. The van der Waals surface area contributed by atoms with E-state index in [0.29, 0.717) is 18.5 Å². The second-order valence-corrected chi connectivity index (χ2v) is 10.9. The largest absolute Gasteiger partial charge is 0.364 e. The quantitative estimate of drug-likeness (QED) is 0.485. The third-order valence-corrected chi connectivity index (χ3v) is 7.86. The van der Waals surface area contributed by atoms with Crippen molar-refractivity contribution in [1.29, 1.82) is 0 Å². The lowest BCUT2D eigenvalue weighted by Gasteiger charge is -2.31. The Morgan fingerprint density at radius 1 is 1.16 bits per heavy atom. The van der Waals surface area contributed by atoms with E-state index < -0.39 is 5.91 Å². The number of nitrogens with two attached hydrogens (primary N) is 1. The van der Waals surface area contributed by atoms with Gasteiger partial charge in [-0.05, 0) is 61.4 Å². The van der Waals surface area contributed by atoms with Gasteiger partial charge >= 0.3 is 0 Å². The van der Waals surface area contributed by atoms with E-state index in [-0.39, 0.29) is 52.2 Å². The zero-order chi connectivity index (χ0) is 27.1. The van der Waals surface area contributed by atoms with Crippen molar-refractivity contribution >= 4 is 29.1 Å². The molecule has 1 saturated heterocycles. The van der Waals surface area contributed by atoms with Gasteiger partial charge < -0.3 is 10.6 Å². The monoisotopic (exact) mass is 533 g/mol. The van der Waals surface area contributed by atoms with E-state index in [0.717, 1.165) is 23.4 Å². The molecule has 1 aromatic carbocycles. The number of amides is 1. The summed E-state index contributed by atoms with van der Waals surface area (Å²) in [5, 5.41) is 4.58. The summed E-state index contributed by atoms with van der Waals surface area (Å²) in [6.45, 7) is 6.48. The summed E-state index contributed by atoms with van der Waals surface area (Å²) in [5.41, 5.74) is 8.01. The number of ketones is 1. The smallest absolute Gasteiger partial charge is 0.268 e. The lowest BCUT2D eigenvalue weighted by molar-refractivity contribution is -0.124. The van der Waals surface area contributed by atoms with E-state index in [2.05, 4.69) is 21.8 Å². The lowest BCUT2D eigenvalue weighted by atomic mass is 9.87. The van der Waals surface area contributed by atoms with Crippen LogP contribution in [-0.4, -0.2) is 39.0 Å². The number of pyridine rings is 1. The van der Waals surface area contributed by atoms with Crippen molar-refractivity contribution in [3.8, 4) is 11.8 Å². The molecule has 5 rings (SSSR count). The van der Waals surface area contributed by atoms with Gasteiger partial charge in [-0.25, -0.2) is 9.37 Å². The zero-order valence-corrected chi connectivity index (χ0v) is 22.2. The van der Waals surface area contributed by atoms with Crippen LogP contribution < -0.4 is 10.6 Å². The summed E-state index contributed by atoms with van der Waals surface area (Å²) in [6, 6.07) is 7.73. The minimum absolute atomic E-state index is 0.0563. The molecular formula is C29H29ClFN5O2. The van der Waals surface area contributed by atoms with Crippen molar-refractivity contribution in [3.63, 3.8) is 0 Å². The average Bonchev–Trinajstić information content (AvgIpc) is 3.54. The van der Waals surface area contributed by atoms with Gasteiger partial charge in [-0.3, -0.25) is 14.3 Å². The molecule has 7 nitrogen and oxygen atoms in total. The maximum absolute atomic E-state index is 13.5. The number of benzene rings is 1. The molecule has 2 N–H and O–H groups in total. The number of aromatic nitrogens is 3. The third kappa shape index (κ3) is 4.79. The van der Waals surface area contributed by atoms with Gasteiger partial charge in [-0.15, -0.1) is 0 Å². The fourth-order valence-electron chi connectivity index (χ4n) is 5.94. The number of hydrogen-bond donors (Lipinski definition) is 1. The number of Topliss-reactive ketones (excluding diaryl/α,β-unsaturated/α-hetero) is 1. The highest BCUT2D eigenvalue weighted by Gasteiger charge is 2.52. The maximum atomic E-state index is 13.5. The van der Waals surface area contributed by atoms with Crippen LogP contribution in [0.4, 0.5) is 10.2 Å². The Morgan fingerprint density at radius 3 is 2.61 bits per heavy atom. The molecule has 1 saturated carbocycles. The summed E-state index contributed by atoms with van der Waals surface area (Å²) in [6.07, 6.45) is 4.61. The van der Waals surface area contributed by atoms with Gasteiger partial charge in [0, 0.05) is 29.8 Å². The Morgan fingerprint density at radius 2 is 1.92 bits per heavy atom. The Labute approximate surface area is 226 Å². The molecule has 1 aliphatic carbocycles. The van der Waals surface area contributed by atoms with E-state index >= 15 is 0 Å². The molecule has 196 valence electrons. The van der Waals surface area contributed by atoms with Crippen molar-refractivity contribution in [1.82, 2.24) is 14.8 Å². The molecule has 3 aromatic rings. The van der Waals surface area contributed by atoms with E-state index in [1.807, 2.05) is 26.8 Å². The summed E-state index contributed by atoms with van der Waals surface area (Å²) in [4.78, 5) is 32.4. The molecule has 2 aliphatic rings. The first kappa shape index (κ1) is 25.9. The maximum Gasteiger partial charge on any atom is 0.268 e. The first-order valence-corrected chi connectivity index (χ1v) is 13.1. The molecular weight excluding hydrogens is 505 g/mol. The molecule has 0 radical (unpaired) electrons. The first-order valence-electron chi connectivity index (χ1n) is 12.7. The fraction of sp³-hybridized carbons (Fsp3) is 0.379. The Hall–Kier alpha value is -3.70. The van der Waals surface area contributed by atoms with Crippen LogP contribution in [0.25, 0.3) is 0 Å². The number of carbonyl (C=O) groups is 2. The van der Waals surface area contributed by atoms with Crippen LogP contribution in [0.15, 0.2) is 42.7 Å². The highest BCUT2D eigenvalue weighted by molar-refractivity contribution is 6.33. The van der Waals surface area contributed by atoms with Crippen LogP contribution in [0.3, 0.4) is 0 Å². The number of aryl methyl sites for hydroxylation is 1. The van der Waals surface area contributed by atoms with Gasteiger partial charge in [0.05, 0.1) is 23.3 Å². The summed E-state index contributed by atoms with van der Waals surface area (Å²) < 4.78 is 15.1. The predicted octanol–water partition coefficient (Wildman–Crippen LogP) is 4.56. The topological polar surface area (TPSA) is 94.1 Å². The van der Waals surface area contributed by atoms with Crippen LogP contribution >= 0.6 is 11.6 Å². The van der Waals surface area contributed by atoms with Gasteiger partial charge in [-0.2, -0.15) is 5.10 Å². The molecule has 0 spiro atoms. The van der Waals surface area contributed by atoms with Gasteiger partial charge in [0.25, 0.3) is 5.91 Å². The van der Waals surface area contributed by atoms with Crippen LogP contribution in [-0.2, 0) is 4.79 Å². The highest BCUT2D eigenvalue weighted by atomic mass is 35.5. The Kier molecular flexibility index (Phi) is 6.97. The van der Waals surface area contributed by atoms with E-state index in [1.165, 1.54) is 18.3 Å². The molecule has 0 bridgehead atoms. The molecule has 2 aromatic heterocycles. The Balaban J connectivity index is 1.42. The first-order chi connectivity index (χ1) is 18.1. The third-order valence-electron chi connectivity index (χ3n) is 7.59. The number of hydrogen-bond acceptors (Lipinski definition) is 5. The molecule has 38 heavy (non-hydrogen) atoms. The number of nitrogens with zero attached hydrogens (tertiary/aromatic N) is 4. The predicted molar refractivity (Wildman–Crippen MR) is 143 cm³/mol. The van der Waals surface area contributed by atoms with Gasteiger partial charge in [0.15, 0.2) is 5.78 Å².